The Morgan fingerprint density at radius 1 is 1.33 bits per heavy atom. The molecule has 3 aromatic rings. The van der Waals surface area contributed by atoms with E-state index in [1.807, 2.05) is 37.3 Å². The van der Waals surface area contributed by atoms with Crippen LogP contribution in [-0.2, 0) is 0 Å². The molecule has 1 fully saturated rings. The molecule has 4 rings (SSSR count). The van der Waals surface area contributed by atoms with Gasteiger partial charge in [0.2, 0.25) is 0 Å². The zero-order chi connectivity index (χ0) is 18.9. The molecule has 0 bridgehead atoms. The maximum atomic E-state index is 13.0. The highest BCUT2D eigenvalue weighted by Crippen LogP contribution is 2.25. The lowest BCUT2D eigenvalue weighted by Crippen LogP contribution is -2.44. The van der Waals surface area contributed by atoms with Crippen molar-refractivity contribution in [2.45, 2.75) is 18.9 Å². The van der Waals surface area contributed by atoms with Crippen molar-refractivity contribution >= 4 is 16.8 Å². The summed E-state index contributed by atoms with van der Waals surface area (Å²) >= 11 is 0. The number of benzene rings is 1. The van der Waals surface area contributed by atoms with Crippen LogP contribution in [0.25, 0.3) is 22.2 Å². The minimum atomic E-state index is -0.888. The lowest BCUT2D eigenvalue weighted by Gasteiger charge is -2.22. The summed E-state index contributed by atoms with van der Waals surface area (Å²) < 4.78 is 0. The summed E-state index contributed by atoms with van der Waals surface area (Å²) in [4.78, 5) is 21.8. The van der Waals surface area contributed by atoms with E-state index in [0.717, 1.165) is 28.6 Å². The SMILES string of the molecule is Cc1ccc2nc(-c3cccnc3)cc(C(=O)NC[C@@]3(O)CCNC3)c2c1. The van der Waals surface area contributed by atoms with Crippen molar-refractivity contribution in [3.8, 4) is 11.3 Å². The number of fused-ring (bicyclic) bond motifs is 1. The second kappa shape index (κ2) is 7.06. The van der Waals surface area contributed by atoms with Crippen molar-refractivity contribution in [3.05, 3.63) is 59.9 Å². The molecule has 0 unspecified atom stereocenters. The van der Waals surface area contributed by atoms with Crippen LogP contribution in [0.2, 0.25) is 0 Å². The molecule has 1 aliphatic heterocycles. The second-order valence-electron chi connectivity index (χ2n) is 7.15. The maximum Gasteiger partial charge on any atom is 0.252 e. The first-order valence-corrected chi connectivity index (χ1v) is 9.07. The maximum absolute atomic E-state index is 13.0. The predicted molar refractivity (Wildman–Crippen MR) is 104 cm³/mol. The van der Waals surface area contributed by atoms with Crippen molar-refractivity contribution in [3.63, 3.8) is 0 Å². The van der Waals surface area contributed by atoms with Gasteiger partial charge in [-0.15, -0.1) is 0 Å². The number of hydrogen-bond acceptors (Lipinski definition) is 5. The van der Waals surface area contributed by atoms with E-state index in [4.69, 9.17) is 4.98 Å². The molecule has 1 aliphatic rings. The van der Waals surface area contributed by atoms with Crippen molar-refractivity contribution < 1.29 is 9.90 Å². The lowest BCUT2D eigenvalue weighted by atomic mass is 10.0. The summed E-state index contributed by atoms with van der Waals surface area (Å²) in [5.41, 5.74) is 3.04. The molecular weight excluding hydrogens is 340 g/mol. The molecule has 3 N–H and O–H groups in total. The van der Waals surface area contributed by atoms with Crippen LogP contribution < -0.4 is 10.6 Å². The van der Waals surface area contributed by atoms with Crippen LogP contribution in [0.1, 0.15) is 22.3 Å². The molecule has 138 valence electrons. The summed E-state index contributed by atoms with van der Waals surface area (Å²) in [6.07, 6.45) is 4.07. The molecule has 1 amide bonds. The summed E-state index contributed by atoms with van der Waals surface area (Å²) in [5, 5.41) is 17.3. The molecular formula is C21H22N4O2. The monoisotopic (exact) mass is 362 g/mol. The highest BCUT2D eigenvalue weighted by atomic mass is 16.3. The number of carbonyl (C=O) groups excluding carboxylic acids is 1. The number of aryl methyl sites for hydroxylation is 1. The summed E-state index contributed by atoms with van der Waals surface area (Å²) in [6.45, 7) is 3.46. The number of aromatic nitrogens is 2. The van der Waals surface area contributed by atoms with Gasteiger partial charge in [-0.25, -0.2) is 4.98 Å². The van der Waals surface area contributed by atoms with Crippen LogP contribution >= 0.6 is 0 Å². The van der Waals surface area contributed by atoms with Gasteiger partial charge in [0.1, 0.15) is 0 Å². The molecule has 1 saturated heterocycles. The minimum Gasteiger partial charge on any atom is -0.387 e. The first kappa shape index (κ1) is 17.6. The number of hydrogen-bond donors (Lipinski definition) is 3. The largest absolute Gasteiger partial charge is 0.387 e. The quantitative estimate of drug-likeness (QED) is 0.661. The third kappa shape index (κ3) is 3.67. The molecule has 2 aromatic heterocycles. The van der Waals surface area contributed by atoms with Crippen molar-refractivity contribution in [1.29, 1.82) is 0 Å². The van der Waals surface area contributed by atoms with Gasteiger partial charge in [-0.3, -0.25) is 9.78 Å². The van der Waals surface area contributed by atoms with Gasteiger partial charge in [-0.2, -0.15) is 0 Å². The van der Waals surface area contributed by atoms with Crippen LogP contribution in [0, 0.1) is 6.92 Å². The number of pyridine rings is 2. The summed E-state index contributed by atoms with van der Waals surface area (Å²) in [7, 11) is 0. The molecule has 0 aliphatic carbocycles. The Morgan fingerprint density at radius 2 is 2.22 bits per heavy atom. The molecule has 3 heterocycles. The Bertz CT molecular complexity index is 982. The summed E-state index contributed by atoms with van der Waals surface area (Å²) in [6, 6.07) is 11.4. The highest BCUT2D eigenvalue weighted by Gasteiger charge is 2.31. The van der Waals surface area contributed by atoms with Gasteiger partial charge >= 0.3 is 0 Å². The van der Waals surface area contributed by atoms with Gasteiger partial charge in [0.25, 0.3) is 5.91 Å². The predicted octanol–water partition coefficient (Wildman–Crippen LogP) is 2.06. The average molecular weight is 362 g/mol. The van der Waals surface area contributed by atoms with E-state index in [1.165, 1.54) is 0 Å². The van der Waals surface area contributed by atoms with Crippen LogP contribution in [0.3, 0.4) is 0 Å². The summed E-state index contributed by atoms with van der Waals surface area (Å²) in [5.74, 6) is -0.210. The van der Waals surface area contributed by atoms with Crippen molar-refractivity contribution in [2.24, 2.45) is 0 Å². The smallest absolute Gasteiger partial charge is 0.252 e. The molecule has 0 saturated carbocycles. The standard InChI is InChI=1S/C21H22N4O2/c1-14-4-5-18-16(9-14)17(10-19(25-18)15-3-2-7-22-11-15)20(26)24-13-21(27)6-8-23-12-21/h2-5,7,9-11,23,27H,6,8,12-13H2,1H3,(H,24,26)/t21-/m1/s1. The van der Waals surface area contributed by atoms with E-state index in [0.29, 0.717) is 24.2 Å². The van der Waals surface area contributed by atoms with E-state index >= 15 is 0 Å². The molecule has 1 atom stereocenters. The van der Waals surface area contributed by atoms with Gasteiger partial charge in [-0.05, 0) is 50.2 Å². The van der Waals surface area contributed by atoms with E-state index in [9.17, 15) is 9.90 Å². The number of β-amino-alcohol motifs (C(OH)–C–C–N with tert-alkyl or cyclic N) is 1. The molecule has 6 heteroatoms. The van der Waals surface area contributed by atoms with Crippen LogP contribution in [0.15, 0.2) is 48.8 Å². The number of aliphatic hydroxyl groups is 1. The van der Waals surface area contributed by atoms with Gasteiger partial charge in [0, 0.05) is 36.4 Å². The topological polar surface area (TPSA) is 87.1 Å². The fraction of sp³-hybridized carbons (Fsp3) is 0.286. The van der Waals surface area contributed by atoms with Gasteiger partial charge in [0.15, 0.2) is 0 Å². The van der Waals surface area contributed by atoms with Crippen LogP contribution in [-0.4, -0.2) is 46.2 Å². The second-order valence-corrected chi connectivity index (χ2v) is 7.15. The molecule has 0 radical (unpaired) electrons. The fourth-order valence-electron chi connectivity index (χ4n) is 3.41. The number of nitrogens with one attached hydrogen (secondary N) is 2. The third-order valence-electron chi connectivity index (χ3n) is 4.97. The lowest BCUT2D eigenvalue weighted by molar-refractivity contribution is 0.0562. The Kier molecular flexibility index (Phi) is 4.59. The Morgan fingerprint density at radius 3 is 2.96 bits per heavy atom. The minimum absolute atomic E-state index is 0.210. The Hall–Kier alpha value is -2.83. The van der Waals surface area contributed by atoms with E-state index in [2.05, 4.69) is 15.6 Å². The number of nitrogens with zero attached hydrogens (tertiary/aromatic N) is 2. The van der Waals surface area contributed by atoms with Gasteiger partial charge in [-0.1, -0.05) is 11.6 Å². The molecule has 27 heavy (non-hydrogen) atoms. The molecule has 6 nitrogen and oxygen atoms in total. The van der Waals surface area contributed by atoms with Crippen molar-refractivity contribution in [1.82, 2.24) is 20.6 Å². The first-order valence-electron chi connectivity index (χ1n) is 9.07. The van der Waals surface area contributed by atoms with Crippen LogP contribution in [0.5, 0.6) is 0 Å². The van der Waals surface area contributed by atoms with E-state index in [-0.39, 0.29) is 12.5 Å². The average Bonchev–Trinajstić information content (AvgIpc) is 3.13. The van der Waals surface area contributed by atoms with E-state index in [1.54, 1.807) is 18.5 Å². The Balaban J connectivity index is 1.73. The fourth-order valence-corrected chi connectivity index (χ4v) is 3.41. The zero-order valence-electron chi connectivity index (χ0n) is 15.2. The number of amides is 1. The zero-order valence-corrected chi connectivity index (χ0v) is 15.2. The molecule has 0 spiro atoms. The van der Waals surface area contributed by atoms with Crippen molar-refractivity contribution in [2.75, 3.05) is 19.6 Å². The van der Waals surface area contributed by atoms with Gasteiger partial charge in [0.05, 0.1) is 22.4 Å². The highest BCUT2D eigenvalue weighted by molar-refractivity contribution is 6.07. The Labute approximate surface area is 157 Å². The first-order chi connectivity index (χ1) is 13.0. The molecule has 1 aromatic carbocycles. The normalized spacial score (nSPS) is 19.3. The van der Waals surface area contributed by atoms with Crippen LogP contribution in [0.4, 0.5) is 0 Å². The number of carbonyl (C=O) groups is 1. The van der Waals surface area contributed by atoms with Gasteiger partial charge < -0.3 is 15.7 Å². The van der Waals surface area contributed by atoms with E-state index < -0.39 is 5.60 Å². The number of rotatable bonds is 4. The third-order valence-corrected chi connectivity index (χ3v) is 4.97.